The first kappa shape index (κ1) is 12.6. The molecule has 0 aliphatic carbocycles. The molecule has 2 N–H and O–H groups in total. The van der Waals surface area contributed by atoms with Crippen LogP contribution in [0, 0.1) is 0 Å². The van der Waals surface area contributed by atoms with E-state index in [1.165, 1.54) is 0 Å². The number of nitrogens with zero attached hydrogens (tertiary/aromatic N) is 3. The fourth-order valence-corrected chi connectivity index (χ4v) is 2.15. The van der Waals surface area contributed by atoms with Crippen LogP contribution in [0.1, 0.15) is 12.5 Å². The number of ether oxygens (including phenoxy) is 1. The molecule has 5 heteroatoms. The minimum Gasteiger partial charge on any atom is -0.435 e. The molecule has 0 radical (unpaired) electrons. The molecule has 3 rings (SSSR count). The summed E-state index contributed by atoms with van der Waals surface area (Å²) in [5, 5.41) is 6.22. The second-order valence-electron chi connectivity index (χ2n) is 4.47. The van der Waals surface area contributed by atoms with Gasteiger partial charge in [0.15, 0.2) is 5.75 Å². The van der Waals surface area contributed by atoms with E-state index >= 15 is 0 Å². The summed E-state index contributed by atoms with van der Waals surface area (Å²) < 4.78 is 7.65. The quantitative estimate of drug-likeness (QED) is 0.790. The van der Waals surface area contributed by atoms with Crippen molar-refractivity contribution >= 4 is 10.8 Å². The molecule has 0 bridgehead atoms. The van der Waals surface area contributed by atoms with Crippen LogP contribution in [-0.4, -0.2) is 14.8 Å². The van der Waals surface area contributed by atoms with Crippen LogP contribution >= 0.6 is 0 Å². The Morgan fingerprint density at radius 3 is 2.70 bits per heavy atom. The lowest BCUT2D eigenvalue weighted by Gasteiger charge is -2.09. The van der Waals surface area contributed by atoms with Gasteiger partial charge in [0.1, 0.15) is 0 Å². The second kappa shape index (κ2) is 5.30. The van der Waals surface area contributed by atoms with Crippen LogP contribution < -0.4 is 10.5 Å². The average Bonchev–Trinajstić information content (AvgIpc) is 2.95. The van der Waals surface area contributed by atoms with Crippen LogP contribution in [0.25, 0.3) is 10.8 Å². The molecule has 2 aromatic heterocycles. The molecule has 0 fully saturated rings. The molecule has 20 heavy (non-hydrogen) atoms. The van der Waals surface area contributed by atoms with Crippen LogP contribution in [-0.2, 0) is 13.1 Å². The molecule has 5 nitrogen and oxygen atoms in total. The molecule has 3 aromatic rings. The van der Waals surface area contributed by atoms with Crippen molar-refractivity contribution in [2.45, 2.75) is 20.0 Å². The van der Waals surface area contributed by atoms with Crippen LogP contribution in [0.2, 0.25) is 0 Å². The lowest BCUT2D eigenvalue weighted by Crippen LogP contribution is -1.99. The van der Waals surface area contributed by atoms with E-state index in [0.29, 0.717) is 18.2 Å². The van der Waals surface area contributed by atoms with E-state index < -0.39 is 0 Å². The number of pyridine rings is 1. The molecule has 0 saturated heterocycles. The largest absolute Gasteiger partial charge is 0.435 e. The van der Waals surface area contributed by atoms with Crippen LogP contribution in [0.3, 0.4) is 0 Å². The van der Waals surface area contributed by atoms with Crippen molar-refractivity contribution in [3.8, 4) is 11.6 Å². The SMILES string of the molecule is CCn1cc(Oc2ncc(CN)c3ccccc23)cn1. The summed E-state index contributed by atoms with van der Waals surface area (Å²) in [5.41, 5.74) is 6.76. The predicted octanol–water partition coefficient (Wildman–Crippen LogP) is 2.70. The lowest BCUT2D eigenvalue weighted by atomic mass is 10.1. The maximum Gasteiger partial charge on any atom is 0.227 e. The molecule has 0 amide bonds. The Labute approximate surface area is 117 Å². The third-order valence-corrected chi connectivity index (χ3v) is 3.21. The fraction of sp³-hybridized carbons (Fsp3) is 0.200. The maximum absolute atomic E-state index is 5.84. The minimum atomic E-state index is 0.460. The third-order valence-electron chi connectivity index (χ3n) is 3.21. The zero-order chi connectivity index (χ0) is 13.9. The molecule has 0 saturated carbocycles. The molecule has 0 aliphatic rings. The van der Waals surface area contributed by atoms with Crippen molar-refractivity contribution in [2.24, 2.45) is 5.73 Å². The van der Waals surface area contributed by atoms with Crippen molar-refractivity contribution < 1.29 is 4.74 Å². The van der Waals surface area contributed by atoms with E-state index in [4.69, 9.17) is 10.5 Å². The average molecular weight is 268 g/mol. The number of aromatic nitrogens is 3. The van der Waals surface area contributed by atoms with E-state index in [2.05, 4.69) is 10.1 Å². The summed E-state index contributed by atoms with van der Waals surface area (Å²) in [5.74, 6) is 1.26. The van der Waals surface area contributed by atoms with E-state index in [9.17, 15) is 0 Å². The van der Waals surface area contributed by atoms with Gasteiger partial charge in [0.05, 0.1) is 12.4 Å². The highest BCUT2D eigenvalue weighted by Gasteiger charge is 2.09. The van der Waals surface area contributed by atoms with Crippen LogP contribution in [0.5, 0.6) is 11.6 Å². The molecular formula is C15H16N4O. The first-order valence-electron chi connectivity index (χ1n) is 6.58. The van der Waals surface area contributed by atoms with Crippen LogP contribution in [0.15, 0.2) is 42.9 Å². The van der Waals surface area contributed by atoms with Crippen LogP contribution in [0.4, 0.5) is 0 Å². The normalized spacial score (nSPS) is 10.9. The standard InChI is InChI=1S/C15H16N4O/c1-2-19-10-12(9-18-19)20-15-14-6-4-3-5-13(14)11(7-16)8-17-15/h3-6,8-10H,2,7,16H2,1H3. The highest BCUT2D eigenvalue weighted by Crippen LogP contribution is 2.29. The summed E-state index contributed by atoms with van der Waals surface area (Å²) >= 11 is 0. The van der Waals surface area contributed by atoms with E-state index in [0.717, 1.165) is 22.9 Å². The summed E-state index contributed by atoms with van der Waals surface area (Å²) in [4.78, 5) is 4.37. The van der Waals surface area contributed by atoms with Gasteiger partial charge in [-0.1, -0.05) is 18.2 Å². The zero-order valence-electron chi connectivity index (χ0n) is 11.3. The smallest absolute Gasteiger partial charge is 0.227 e. The topological polar surface area (TPSA) is 66.0 Å². The van der Waals surface area contributed by atoms with Gasteiger partial charge in [-0.05, 0) is 23.9 Å². The summed E-state index contributed by atoms with van der Waals surface area (Å²) in [6, 6.07) is 7.97. The number of fused-ring (bicyclic) bond motifs is 1. The summed E-state index contributed by atoms with van der Waals surface area (Å²) in [6.45, 7) is 3.30. The molecular weight excluding hydrogens is 252 g/mol. The number of hydrogen-bond donors (Lipinski definition) is 1. The lowest BCUT2D eigenvalue weighted by molar-refractivity contribution is 0.467. The molecule has 1 aromatic carbocycles. The first-order chi connectivity index (χ1) is 9.81. The van der Waals surface area contributed by atoms with E-state index in [-0.39, 0.29) is 0 Å². The van der Waals surface area contributed by atoms with Gasteiger partial charge in [-0.25, -0.2) is 4.98 Å². The van der Waals surface area contributed by atoms with Crippen molar-refractivity contribution in [1.82, 2.24) is 14.8 Å². The predicted molar refractivity (Wildman–Crippen MR) is 77.6 cm³/mol. The van der Waals surface area contributed by atoms with Gasteiger partial charge < -0.3 is 10.5 Å². The van der Waals surface area contributed by atoms with Gasteiger partial charge in [-0.3, -0.25) is 4.68 Å². The monoisotopic (exact) mass is 268 g/mol. The molecule has 0 atom stereocenters. The summed E-state index contributed by atoms with van der Waals surface area (Å²) in [6.07, 6.45) is 5.31. The Morgan fingerprint density at radius 1 is 1.20 bits per heavy atom. The van der Waals surface area contributed by atoms with Crippen molar-refractivity contribution in [3.05, 3.63) is 48.4 Å². The maximum atomic E-state index is 5.84. The highest BCUT2D eigenvalue weighted by atomic mass is 16.5. The van der Waals surface area contributed by atoms with E-state index in [1.54, 1.807) is 12.4 Å². The number of hydrogen-bond acceptors (Lipinski definition) is 4. The van der Waals surface area contributed by atoms with Gasteiger partial charge in [0, 0.05) is 24.7 Å². The molecule has 0 unspecified atom stereocenters. The van der Waals surface area contributed by atoms with Crippen molar-refractivity contribution in [2.75, 3.05) is 0 Å². The Hall–Kier alpha value is -2.40. The highest BCUT2D eigenvalue weighted by molar-refractivity contribution is 5.89. The molecule has 102 valence electrons. The molecule has 0 aliphatic heterocycles. The molecule has 2 heterocycles. The molecule has 0 spiro atoms. The third kappa shape index (κ3) is 2.23. The van der Waals surface area contributed by atoms with Gasteiger partial charge in [-0.2, -0.15) is 5.10 Å². The van der Waals surface area contributed by atoms with Gasteiger partial charge in [0.2, 0.25) is 5.88 Å². The van der Waals surface area contributed by atoms with Gasteiger partial charge >= 0.3 is 0 Å². The number of rotatable bonds is 4. The van der Waals surface area contributed by atoms with E-state index in [1.807, 2.05) is 42.1 Å². The summed E-state index contributed by atoms with van der Waals surface area (Å²) in [7, 11) is 0. The Morgan fingerprint density at radius 2 is 2.00 bits per heavy atom. The fourth-order valence-electron chi connectivity index (χ4n) is 2.15. The Balaban J connectivity index is 2.03. The van der Waals surface area contributed by atoms with Gasteiger partial charge in [0.25, 0.3) is 0 Å². The number of benzene rings is 1. The minimum absolute atomic E-state index is 0.460. The van der Waals surface area contributed by atoms with Gasteiger partial charge in [-0.15, -0.1) is 0 Å². The zero-order valence-corrected chi connectivity index (χ0v) is 11.3. The first-order valence-corrected chi connectivity index (χ1v) is 6.58. The number of nitrogens with two attached hydrogens (primary N) is 1. The Bertz CT molecular complexity index is 736. The second-order valence-corrected chi connectivity index (χ2v) is 4.47. The Kier molecular flexibility index (Phi) is 3.35. The van der Waals surface area contributed by atoms with Crippen molar-refractivity contribution in [3.63, 3.8) is 0 Å². The number of aryl methyl sites for hydroxylation is 1. The van der Waals surface area contributed by atoms with Crippen molar-refractivity contribution in [1.29, 1.82) is 0 Å².